The Balaban J connectivity index is 1.54. The van der Waals surface area contributed by atoms with Crippen LogP contribution < -0.4 is 0 Å². The predicted molar refractivity (Wildman–Crippen MR) is 167 cm³/mol. The minimum Gasteiger partial charge on any atom is -0.394 e. The maximum absolute atomic E-state index is 11.4. The maximum atomic E-state index is 11.4. The van der Waals surface area contributed by atoms with Crippen molar-refractivity contribution in [1.29, 1.82) is 0 Å². The molecule has 5 saturated heterocycles. The van der Waals surface area contributed by atoms with Gasteiger partial charge >= 0.3 is 0 Å². The Bertz CT molecular complexity index is 1200. The highest BCUT2D eigenvalue weighted by molar-refractivity contribution is 4.99. The molecule has 17 N–H and O–H groups in total. The zero-order chi connectivity index (χ0) is 41.3. The van der Waals surface area contributed by atoms with Crippen molar-refractivity contribution in [2.45, 2.75) is 154 Å². The first kappa shape index (κ1) is 46.0. The molecule has 0 aromatic heterocycles. The Kier molecular flexibility index (Phi) is 16.1. The zero-order valence-electron chi connectivity index (χ0n) is 29.2. The molecule has 0 bridgehead atoms. The van der Waals surface area contributed by atoms with E-state index >= 15 is 0 Å². The standard InChI is InChI=1S/C30H52O26/c31-1-6-11(36)16(41)19(44)27(49-6)54-23-15(40)10(5-35)52-30(53-22-14(39)9(4-34)48-26(47)21(22)46)25(23)56-29-24(18(43)13(38)8(3-33)51-29)55-28-20(45)17(42)12(37)7(2-32)50-28/h6-47H,1-5H2/t6-,7-,8-,9-,10-,11-,12+,13+,14-,15-,16+,17+,18+,19-,20-,21-,22+,23+,24-,25-,26?,27-,28-,29-,30-/m1/s1. The summed E-state index contributed by atoms with van der Waals surface area (Å²) in [5.41, 5.74) is 0. The fraction of sp³-hybridized carbons (Fsp3) is 1.00. The minimum absolute atomic E-state index is 0.904. The van der Waals surface area contributed by atoms with Gasteiger partial charge in [-0.1, -0.05) is 0 Å². The summed E-state index contributed by atoms with van der Waals surface area (Å²) in [6.07, 6.45) is -48.8. The molecule has 1 unspecified atom stereocenters. The monoisotopic (exact) mass is 828 g/mol. The molecule has 26 nitrogen and oxygen atoms in total. The Morgan fingerprint density at radius 2 is 0.589 bits per heavy atom. The van der Waals surface area contributed by atoms with Crippen LogP contribution >= 0.6 is 0 Å². The van der Waals surface area contributed by atoms with Gasteiger partial charge in [0, 0.05) is 0 Å². The third kappa shape index (κ3) is 9.16. The topological polar surface area (TPSA) is 427 Å². The molecule has 25 atom stereocenters. The molecule has 0 radical (unpaired) electrons. The summed E-state index contributed by atoms with van der Waals surface area (Å²) >= 11 is 0. The number of ether oxygens (including phenoxy) is 9. The second-order valence-corrected chi connectivity index (χ2v) is 13.9. The van der Waals surface area contributed by atoms with Crippen LogP contribution in [0.25, 0.3) is 0 Å². The van der Waals surface area contributed by atoms with Crippen molar-refractivity contribution in [1.82, 2.24) is 0 Å². The Morgan fingerprint density at radius 1 is 0.268 bits per heavy atom. The third-order valence-electron chi connectivity index (χ3n) is 10.3. The summed E-state index contributed by atoms with van der Waals surface area (Å²) in [6.45, 7) is -4.75. The van der Waals surface area contributed by atoms with E-state index in [0.717, 1.165) is 0 Å². The second kappa shape index (κ2) is 19.6. The number of rotatable bonds is 13. The first-order valence-corrected chi connectivity index (χ1v) is 17.6. The zero-order valence-corrected chi connectivity index (χ0v) is 29.2. The van der Waals surface area contributed by atoms with Crippen molar-refractivity contribution in [3.63, 3.8) is 0 Å². The molecule has 5 fully saturated rings. The summed E-state index contributed by atoms with van der Waals surface area (Å²) in [4.78, 5) is 0. The van der Waals surface area contributed by atoms with E-state index in [-0.39, 0.29) is 0 Å². The lowest BCUT2D eigenvalue weighted by molar-refractivity contribution is -0.415. The second-order valence-electron chi connectivity index (χ2n) is 13.9. The Morgan fingerprint density at radius 3 is 1.05 bits per heavy atom. The predicted octanol–water partition coefficient (Wildman–Crippen LogP) is -11.9. The smallest absolute Gasteiger partial charge is 0.187 e. The van der Waals surface area contributed by atoms with Crippen LogP contribution in [0.3, 0.4) is 0 Å². The molecule has 5 aliphatic rings. The molecular formula is C30H52O26. The van der Waals surface area contributed by atoms with Crippen molar-refractivity contribution >= 4 is 0 Å². The van der Waals surface area contributed by atoms with E-state index in [4.69, 9.17) is 42.6 Å². The molecular weight excluding hydrogens is 776 g/mol. The molecule has 0 aliphatic carbocycles. The van der Waals surface area contributed by atoms with E-state index in [0.29, 0.717) is 0 Å². The molecule has 0 amide bonds. The van der Waals surface area contributed by atoms with E-state index in [9.17, 15) is 86.8 Å². The van der Waals surface area contributed by atoms with Crippen LogP contribution in [0.1, 0.15) is 0 Å². The van der Waals surface area contributed by atoms with Crippen molar-refractivity contribution in [3.8, 4) is 0 Å². The van der Waals surface area contributed by atoms with Crippen LogP contribution in [0.4, 0.5) is 0 Å². The van der Waals surface area contributed by atoms with Crippen LogP contribution in [-0.2, 0) is 42.6 Å². The maximum Gasteiger partial charge on any atom is 0.187 e. The lowest BCUT2D eigenvalue weighted by Crippen LogP contribution is -2.69. The highest BCUT2D eigenvalue weighted by Gasteiger charge is 2.58. The normalized spacial score (nSPS) is 53.2. The average molecular weight is 829 g/mol. The first-order chi connectivity index (χ1) is 26.5. The van der Waals surface area contributed by atoms with Gasteiger partial charge in [0.25, 0.3) is 0 Å². The SMILES string of the molecule is OC[C@H]1O[C@H](O[C@H]2[C@@H](O[C@H]3[C@@H](O[C@H]4[C@H](O)[C@@H](CO)OC(O)[C@@H]4O)O[C@H](CO)[C@@H](O)[C@@H]3O[C@H]3O[C@H](CO)[C@@H](O)[C@H](O)[C@H]3O)O[C@H](CO)[C@H](O)[C@@H]2O)[C@H](O)[C@@H](O)[C@H]1O. The molecule has 0 spiro atoms. The molecule has 0 aromatic carbocycles. The fourth-order valence-corrected chi connectivity index (χ4v) is 6.97. The van der Waals surface area contributed by atoms with Crippen molar-refractivity contribution in [2.75, 3.05) is 33.0 Å². The van der Waals surface area contributed by atoms with Gasteiger partial charge in [0.15, 0.2) is 31.5 Å². The molecule has 0 aromatic rings. The largest absolute Gasteiger partial charge is 0.394 e. The third-order valence-corrected chi connectivity index (χ3v) is 10.3. The van der Waals surface area contributed by atoms with E-state index in [1.165, 1.54) is 0 Å². The lowest BCUT2D eigenvalue weighted by atomic mass is 9.95. The van der Waals surface area contributed by atoms with E-state index in [1.807, 2.05) is 0 Å². The number of hydrogen-bond donors (Lipinski definition) is 17. The van der Waals surface area contributed by atoms with Gasteiger partial charge in [0.1, 0.15) is 122 Å². The van der Waals surface area contributed by atoms with E-state index < -0.39 is 187 Å². The molecule has 26 heteroatoms. The van der Waals surface area contributed by atoms with Gasteiger partial charge < -0.3 is 129 Å². The van der Waals surface area contributed by atoms with E-state index in [2.05, 4.69) is 0 Å². The van der Waals surface area contributed by atoms with Crippen LogP contribution in [0, 0.1) is 0 Å². The summed E-state index contributed by atoms with van der Waals surface area (Å²) in [5, 5.41) is 177. The molecule has 5 aliphatic heterocycles. The Hall–Kier alpha value is -1.04. The molecule has 328 valence electrons. The number of hydrogen-bond acceptors (Lipinski definition) is 26. The van der Waals surface area contributed by atoms with Crippen LogP contribution in [0.2, 0.25) is 0 Å². The van der Waals surface area contributed by atoms with Gasteiger partial charge in [0.05, 0.1) is 33.0 Å². The van der Waals surface area contributed by atoms with Gasteiger partial charge in [-0.2, -0.15) is 0 Å². The van der Waals surface area contributed by atoms with Crippen LogP contribution in [0.15, 0.2) is 0 Å². The van der Waals surface area contributed by atoms with Gasteiger partial charge in [0.2, 0.25) is 0 Å². The van der Waals surface area contributed by atoms with Gasteiger partial charge in [-0.25, -0.2) is 0 Å². The quantitative estimate of drug-likeness (QED) is 0.0819. The van der Waals surface area contributed by atoms with Gasteiger partial charge in [-0.05, 0) is 0 Å². The molecule has 56 heavy (non-hydrogen) atoms. The molecule has 5 heterocycles. The highest BCUT2D eigenvalue weighted by Crippen LogP contribution is 2.37. The van der Waals surface area contributed by atoms with Crippen LogP contribution in [-0.4, -0.2) is 273 Å². The molecule has 0 saturated carbocycles. The lowest BCUT2D eigenvalue weighted by Gasteiger charge is -2.51. The number of aliphatic hydroxyl groups is 17. The van der Waals surface area contributed by atoms with Crippen molar-refractivity contribution < 1.29 is 129 Å². The van der Waals surface area contributed by atoms with Crippen molar-refractivity contribution in [2.24, 2.45) is 0 Å². The molecule has 5 rings (SSSR count). The Labute approximate surface area is 316 Å². The van der Waals surface area contributed by atoms with Crippen molar-refractivity contribution in [3.05, 3.63) is 0 Å². The minimum atomic E-state index is -2.14. The summed E-state index contributed by atoms with van der Waals surface area (Å²) in [7, 11) is 0. The van der Waals surface area contributed by atoms with Gasteiger partial charge in [-0.3, -0.25) is 0 Å². The van der Waals surface area contributed by atoms with E-state index in [1.54, 1.807) is 0 Å². The summed E-state index contributed by atoms with van der Waals surface area (Å²) in [5.74, 6) is 0. The summed E-state index contributed by atoms with van der Waals surface area (Å²) in [6, 6.07) is 0. The summed E-state index contributed by atoms with van der Waals surface area (Å²) < 4.78 is 50.6. The highest BCUT2D eigenvalue weighted by atomic mass is 16.8. The first-order valence-electron chi connectivity index (χ1n) is 17.6. The van der Waals surface area contributed by atoms with Gasteiger partial charge in [-0.15, -0.1) is 0 Å². The van der Waals surface area contributed by atoms with Crippen LogP contribution in [0.5, 0.6) is 0 Å². The number of aliphatic hydroxyl groups excluding tert-OH is 17. The average Bonchev–Trinajstić information content (AvgIpc) is 3.19. The fourth-order valence-electron chi connectivity index (χ4n) is 6.97.